The van der Waals surface area contributed by atoms with Crippen molar-refractivity contribution >= 4 is 5.96 Å². The first-order valence-electron chi connectivity index (χ1n) is 8.43. The summed E-state index contributed by atoms with van der Waals surface area (Å²) in [5, 5.41) is 6.55. The van der Waals surface area contributed by atoms with E-state index in [9.17, 15) is 0 Å². The Bertz CT molecular complexity index is 734. The number of rotatable bonds is 8. The molecule has 7 nitrogen and oxygen atoms in total. The van der Waals surface area contributed by atoms with Crippen LogP contribution in [0.25, 0.3) is 0 Å². The molecule has 0 saturated heterocycles. The summed E-state index contributed by atoms with van der Waals surface area (Å²) in [6.45, 7) is 3.69. The summed E-state index contributed by atoms with van der Waals surface area (Å²) in [6, 6.07) is 9.67. The highest BCUT2D eigenvalue weighted by atomic mass is 16.5. The molecule has 0 atom stereocenters. The van der Waals surface area contributed by atoms with Crippen LogP contribution in [-0.4, -0.2) is 38.8 Å². The number of aliphatic imine (C=N–C) groups is 1. The number of ether oxygens (including phenoxy) is 3. The Morgan fingerprint density at radius 1 is 1.08 bits per heavy atom. The van der Waals surface area contributed by atoms with Crippen LogP contribution in [0.5, 0.6) is 17.4 Å². The van der Waals surface area contributed by atoms with Gasteiger partial charge in [0.1, 0.15) is 0 Å². The number of nitrogens with one attached hydrogen (secondary N) is 2. The zero-order chi connectivity index (χ0) is 18.8. The fraction of sp³-hybridized carbons (Fsp3) is 0.368. The molecule has 0 aliphatic rings. The molecule has 0 saturated carbocycles. The summed E-state index contributed by atoms with van der Waals surface area (Å²) in [5.41, 5.74) is 2.03. The predicted molar refractivity (Wildman–Crippen MR) is 102 cm³/mol. The average Bonchev–Trinajstić information content (AvgIpc) is 2.69. The molecular weight excluding hydrogens is 332 g/mol. The maximum Gasteiger partial charge on any atom is 0.218 e. The molecule has 1 aromatic carbocycles. The second-order valence-electron chi connectivity index (χ2n) is 5.37. The minimum atomic E-state index is 0.564. The highest BCUT2D eigenvalue weighted by Crippen LogP contribution is 2.27. The van der Waals surface area contributed by atoms with Crippen LogP contribution in [0, 0.1) is 0 Å². The van der Waals surface area contributed by atoms with E-state index in [1.807, 2.05) is 37.3 Å². The molecule has 0 spiro atoms. The van der Waals surface area contributed by atoms with E-state index in [1.165, 1.54) is 0 Å². The summed E-state index contributed by atoms with van der Waals surface area (Å²) >= 11 is 0. The van der Waals surface area contributed by atoms with Gasteiger partial charge in [-0.1, -0.05) is 12.1 Å². The SMILES string of the molecule is CCOc1ncccc1CNC(=NC)NCc1ccc(OC)c(OC)c1. The minimum Gasteiger partial charge on any atom is -0.493 e. The summed E-state index contributed by atoms with van der Waals surface area (Å²) in [6.07, 6.45) is 1.72. The van der Waals surface area contributed by atoms with E-state index in [2.05, 4.69) is 20.6 Å². The van der Waals surface area contributed by atoms with Crippen LogP contribution in [0.1, 0.15) is 18.1 Å². The minimum absolute atomic E-state index is 0.564. The van der Waals surface area contributed by atoms with Crippen LogP contribution in [0.3, 0.4) is 0 Å². The molecule has 0 unspecified atom stereocenters. The second kappa shape index (κ2) is 10.1. The molecule has 0 bridgehead atoms. The molecule has 1 heterocycles. The maximum absolute atomic E-state index is 5.54. The van der Waals surface area contributed by atoms with E-state index in [4.69, 9.17) is 14.2 Å². The fourth-order valence-corrected chi connectivity index (χ4v) is 2.40. The maximum atomic E-state index is 5.54. The molecule has 140 valence electrons. The van der Waals surface area contributed by atoms with Gasteiger partial charge in [0, 0.05) is 31.9 Å². The normalized spacial score (nSPS) is 11.0. The molecule has 2 N–H and O–H groups in total. The molecule has 7 heteroatoms. The van der Waals surface area contributed by atoms with Crippen LogP contribution in [0.2, 0.25) is 0 Å². The number of methoxy groups -OCH3 is 2. The third-order valence-corrected chi connectivity index (χ3v) is 3.71. The van der Waals surface area contributed by atoms with E-state index < -0.39 is 0 Å². The van der Waals surface area contributed by atoms with E-state index in [0.717, 1.165) is 11.1 Å². The first-order valence-corrected chi connectivity index (χ1v) is 8.43. The zero-order valence-electron chi connectivity index (χ0n) is 15.7. The fourth-order valence-electron chi connectivity index (χ4n) is 2.40. The third kappa shape index (κ3) is 5.27. The second-order valence-corrected chi connectivity index (χ2v) is 5.37. The van der Waals surface area contributed by atoms with Crippen LogP contribution in [0.4, 0.5) is 0 Å². The first-order chi connectivity index (χ1) is 12.7. The van der Waals surface area contributed by atoms with Crippen LogP contribution in [-0.2, 0) is 13.1 Å². The molecular formula is C19H26N4O3. The van der Waals surface area contributed by atoms with Crippen LogP contribution >= 0.6 is 0 Å². The third-order valence-electron chi connectivity index (χ3n) is 3.71. The Morgan fingerprint density at radius 3 is 2.54 bits per heavy atom. The van der Waals surface area contributed by atoms with Gasteiger partial charge in [-0.05, 0) is 30.7 Å². The van der Waals surface area contributed by atoms with Gasteiger partial charge in [0.2, 0.25) is 5.88 Å². The number of benzene rings is 1. The number of nitrogens with zero attached hydrogens (tertiary/aromatic N) is 2. The number of hydrogen-bond donors (Lipinski definition) is 2. The Kier molecular flexibility index (Phi) is 7.54. The molecule has 0 amide bonds. The summed E-state index contributed by atoms with van der Waals surface area (Å²) in [4.78, 5) is 8.50. The van der Waals surface area contributed by atoms with E-state index in [0.29, 0.717) is 43.0 Å². The van der Waals surface area contributed by atoms with Gasteiger partial charge in [-0.2, -0.15) is 0 Å². The summed E-state index contributed by atoms with van der Waals surface area (Å²) in [5.74, 6) is 2.73. The van der Waals surface area contributed by atoms with Gasteiger partial charge in [0.25, 0.3) is 0 Å². The van der Waals surface area contributed by atoms with Crippen molar-refractivity contribution in [2.45, 2.75) is 20.0 Å². The Labute approximate surface area is 154 Å². The van der Waals surface area contributed by atoms with Crippen molar-refractivity contribution in [3.05, 3.63) is 47.7 Å². The molecule has 0 aliphatic carbocycles. The number of aromatic nitrogens is 1. The van der Waals surface area contributed by atoms with Gasteiger partial charge in [0.15, 0.2) is 17.5 Å². The Balaban J connectivity index is 1.94. The molecule has 0 fully saturated rings. The molecule has 0 radical (unpaired) electrons. The Hall–Kier alpha value is -2.96. The predicted octanol–water partition coefficient (Wildman–Crippen LogP) is 2.36. The van der Waals surface area contributed by atoms with Gasteiger partial charge >= 0.3 is 0 Å². The molecule has 2 rings (SSSR count). The van der Waals surface area contributed by atoms with Crippen molar-refractivity contribution in [3.8, 4) is 17.4 Å². The van der Waals surface area contributed by atoms with Gasteiger partial charge in [-0.15, -0.1) is 0 Å². The number of pyridine rings is 1. The van der Waals surface area contributed by atoms with E-state index >= 15 is 0 Å². The smallest absolute Gasteiger partial charge is 0.218 e. The van der Waals surface area contributed by atoms with Crippen molar-refractivity contribution in [2.75, 3.05) is 27.9 Å². The zero-order valence-corrected chi connectivity index (χ0v) is 15.7. The highest BCUT2D eigenvalue weighted by Gasteiger charge is 2.07. The largest absolute Gasteiger partial charge is 0.493 e. The van der Waals surface area contributed by atoms with Crippen molar-refractivity contribution in [2.24, 2.45) is 4.99 Å². The van der Waals surface area contributed by atoms with Gasteiger partial charge in [-0.25, -0.2) is 4.98 Å². The lowest BCUT2D eigenvalue weighted by Gasteiger charge is -2.14. The quantitative estimate of drug-likeness (QED) is 0.557. The molecule has 26 heavy (non-hydrogen) atoms. The van der Waals surface area contributed by atoms with E-state index in [1.54, 1.807) is 27.5 Å². The monoisotopic (exact) mass is 358 g/mol. The van der Waals surface area contributed by atoms with Crippen molar-refractivity contribution < 1.29 is 14.2 Å². The lowest BCUT2D eigenvalue weighted by Crippen LogP contribution is -2.36. The summed E-state index contributed by atoms with van der Waals surface area (Å²) < 4.78 is 16.1. The standard InChI is InChI=1S/C19H26N4O3/c1-5-26-18-15(7-6-10-21-18)13-23-19(20-2)22-12-14-8-9-16(24-3)17(11-14)25-4/h6-11H,5,12-13H2,1-4H3,(H2,20,22,23). The van der Waals surface area contributed by atoms with Crippen molar-refractivity contribution in [3.63, 3.8) is 0 Å². The number of guanidine groups is 1. The van der Waals surface area contributed by atoms with Crippen molar-refractivity contribution in [1.29, 1.82) is 0 Å². The average molecular weight is 358 g/mol. The van der Waals surface area contributed by atoms with Gasteiger partial charge in [-0.3, -0.25) is 4.99 Å². The molecule has 0 aliphatic heterocycles. The van der Waals surface area contributed by atoms with Gasteiger partial charge in [0.05, 0.1) is 20.8 Å². The van der Waals surface area contributed by atoms with Crippen LogP contribution in [0.15, 0.2) is 41.5 Å². The molecule has 1 aromatic heterocycles. The lowest BCUT2D eigenvalue weighted by atomic mass is 10.2. The highest BCUT2D eigenvalue weighted by molar-refractivity contribution is 5.79. The summed E-state index contributed by atoms with van der Waals surface area (Å²) in [7, 11) is 4.98. The number of hydrogen-bond acceptors (Lipinski definition) is 5. The van der Waals surface area contributed by atoms with Crippen molar-refractivity contribution in [1.82, 2.24) is 15.6 Å². The van der Waals surface area contributed by atoms with E-state index in [-0.39, 0.29) is 0 Å². The first kappa shape index (κ1) is 19.4. The molecule has 2 aromatic rings. The lowest BCUT2D eigenvalue weighted by molar-refractivity contribution is 0.322. The topological polar surface area (TPSA) is 77.0 Å². The Morgan fingerprint density at radius 2 is 1.85 bits per heavy atom. The van der Waals surface area contributed by atoms with Gasteiger partial charge < -0.3 is 24.8 Å². The van der Waals surface area contributed by atoms with Crippen LogP contribution < -0.4 is 24.8 Å².